The van der Waals surface area contributed by atoms with Gasteiger partial charge in [-0.25, -0.2) is 4.98 Å². The van der Waals surface area contributed by atoms with Crippen LogP contribution in [0.25, 0.3) is 33.5 Å². The molecule has 4 aromatic rings. The van der Waals surface area contributed by atoms with E-state index in [-0.39, 0.29) is 12.2 Å². The topological polar surface area (TPSA) is 151 Å². The Balaban J connectivity index is 1.55. The van der Waals surface area contributed by atoms with Crippen LogP contribution in [-0.2, 0) is 10.4 Å². The molecule has 4 N–H and O–H groups in total. The Hall–Kier alpha value is -4.05. The van der Waals surface area contributed by atoms with Gasteiger partial charge in [-0.2, -0.15) is 5.10 Å². The Kier molecular flexibility index (Phi) is 4.34. The SMILES string of the molecule is Cc1n[nH]c2nc(-c3cccc(-c4cc([C@]5(O)CCN(C)C5=O)on4)c3)cc(C(N)=O)c12. The fourth-order valence-electron chi connectivity index (χ4n) is 4.05. The summed E-state index contributed by atoms with van der Waals surface area (Å²) < 4.78 is 5.34. The van der Waals surface area contributed by atoms with Crippen LogP contribution >= 0.6 is 0 Å². The maximum absolute atomic E-state index is 12.3. The first kappa shape index (κ1) is 19.9. The number of pyridine rings is 1. The minimum absolute atomic E-state index is 0.107. The lowest BCUT2D eigenvalue weighted by Crippen LogP contribution is -2.35. The zero-order valence-corrected chi connectivity index (χ0v) is 17.4. The van der Waals surface area contributed by atoms with Crippen molar-refractivity contribution in [3.05, 3.63) is 53.4 Å². The summed E-state index contributed by atoms with van der Waals surface area (Å²) in [5, 5.41) is 22.4. The molecule has 1 aromatic carbocycles. The second-order valence-corrected chi connectivity index (χ2v) is 7.95. The number of fused-ring (bicyclic) bond motifs is 1. The van der Waals surface area contributed by atoms with E-state index in [4.69, 9.17) is 10.3 Å². The Morgan fingerprint density at radius 2 is 2.00 bits per heavy atom. The number of benzene rings is 1. The van der Waals surface area contributed by atoms with Crippen LogP contribution in [0.3, 0.4) is 0 Å². The number of carbonyl (C=O) groups excluding carboxylic acids is 2. The molecule has 162 valence electrons. The van der Waals surface area contributed by atoms with E-state index in [1.54, 1.807) is 26.1 Å². The summed E-state index contributed by atoms with van der Waals surface area (Å²) in [5.41, 5.74) is 7.73. The maximum Gasteiger partial charge on any atom is 0.262 e. The summed E-state index contributed by atoms with van der Waals surface area (Å²) >= 11 is 0. The number of nitrogens with two attached hydrogens (primary N) is 1. The van der Waals surface area contributed by atoms with E-state index in [9.17, 15) is 14.7 Å². The number of hydrogen-bond donors (Lipinski definition) is 3. The highest BCUT2D eigenvalue weighted by atomic mass is 16.5. The molecular formula is C22H20N6O4. The van der Waals surface area contributed by atoms with E-state index >= 15 is 0 Å². The number of aromatic nitrogens is 4. The molecule has 1 fully saturated rings. The van der Waals surface area contributed by atoms with Gasteiger partial charge in [0.05, 0.1) is 22.3 Å². The van der Waals surface area contributed by atoms with Crippen molar-refractivity contribution in [2.75, 3.05) is 13.6 Å². The molecule has 0 aliphatic carbocycles. The van der Waals surface area contributed by atoms with Gasteiger partial charge >= 0.3 is 0 Å². The van der Waals surface area contributed by atoms with Crippen molar-refractivity contribution < 1.29 is 19.2 Å². The van der Waals surface area contributed by atoms with Crippen molar-refractivity contribution >= 4 is 22.8 Å². The van der Waals surface area contributed by atoms with E-state index in [0.29, 0.717) is 45.8 Å². The van der Waals surface area contributed by atoms with Crippen LogP contribution < -0.4 is 5.73 Å². The summed E-state index contributed by atoms with van der Waals surface area (Å²) in [7, 11) is 1.63. The standard InChI is InChI=1S/C22H20N6O4/c1-11-18-14(19(23)29)9-15(24-20(18)26-25-11)12-4-3-5-13(8-12)16-10-17(32-27-16)22(31)6-7-28(2)21(22)30/h3-5,8-10,31H,6-7H2,1-2H3,(H2,23,29)(H,24,25,26)/t22-/m1/s1. The number of likely N-dealkylation sites (N-methyl/N-ethyl adjacent to an activating group) is 1. The van der Waals surface area contributed by atoms with Gasteiger partial charge in [0.15, 0.2) is 11.4 Å². The normalized spacial score (nSPS) is 18.6. The predicted molar refractivity (Wildman–Crippen MR) is 114 cm³/mol. The van der Waals surface area contributed by atoms with Gasteiger partial charge in [-0.1, -0.05) is 23.4 Å². The number of primary amides is 1. The van der Waals surface area contributed by atoms with E-state index < -0.39 is 17.4 Å². The Morgan fingerprint density at radius 3 is 2.69 bits per heavy atom. The van der Waals surface area contributed by atoms with Crippen LogP contribution in [0.4, 0.5) is 0 Å². The lowest BCUT2D eigenvalue weighted by atomic mass is 9.97. The highest BCUT2D eigenvalue weighted by Gasteiger charge is 2.48. The fraction of sp³-hybridized carbons (Fsp3) is 0.227. The highest BCUT2D eigenvalue weighted by molar-refractivity contribution is 6.06. The Labute approximate surface area is 182 Å². The third kappa shape index (κ3) is 2.95. The van der Waals surface area contributed by atoms with Gasteiger partial charge in [0.1, 0.15) is 5.69 Å². The average Bonchev–Trinajstić information content (AvgIpc) is 3.49. The lowest BCUT2D eigenvalue weighted by molar-refractivity contribution is -0.144. The van der Waals surface area contributed by atoms with Gasteiger partial charge in [-0.05, 0) is 19.1 Å². The molecule has 0 unspecified atom stereocenters. The minimum atomic E-state index is -1.71. The lowest BCUT2D eigenvalue weighted by Gasteiger charge is -2.16. The summed E-state index contributed by atoms with van der Waals surface area (Å²) in [6, 6.07) is 10.5. The third-order valence-corrected chi connectivity index (χ3v) is 5.86. The number of aryl methyl sites for hydroxylation is 1. The van der Waals surface area contributed by atoms with Crippen molar-refractivity contribution in [1.29, 1.82) is 0 Å². The molecule has 0 radical (unpaired) electrons. The largest absolute Gasteiger partial charge is 0.373 e. The molecule has 4 heterocycles. The summed E-state index contributed by atoms with van der Waals surface area (Å²) in [6.45, 7) is 2.21. The summed E-state index contributed by atoms with van der Waals surface area (Å²) in [5.74, 6) is -0.879. The average molecular weight is 432 g/mol. The number of aromatic amines is 1. The molecular weight excluding hydrogens is 412 g/mol. The van der Waals surface area contributed by atoms with Crippen molar-refractivity contribution in [3.63, 3.8) is 0 Å². The Morgan fingerprint density at radius 1 is 1.25 bits per heavy atom. The molecule has 0 bridgehead atoms. The molecule has 0 spiro atoms. The van der Waals surface area contributed by atoms with Crippen molar-refractivity contribution in [2.24, 2.45) is 5.73 Å². The number of amides is 2. The summed E-state index contributed by atoms with van der Waals surface area (Å²) in [6.07, 6.45) is 0.237. The number of hydrogen-bond acceptors (Lipinski definition) is 7. The van der Waals surface area contributed by atoms with Gasteiger partial charge in [0.2, 0.25) is 11.5 Å². The fourth-order valence-corrected chi connectivity index (χ4v) is 4.05. The van der Waals surface area contributed by atoms with E-state index in [0.717, 1.165) is 5.56 Å². The van der Waals surface area contributed by atoms with Crippen molar-refractivity contribution in [2.45, 2.75) is 18.9 Å². The smallest absolute Gasteiger partial charge is 0.262 e. The van der Waals surface area contributed by atoms with Crippen molar-refractivity contribution in [3.8, 4) is 22.5 Å². The number of nitrogens with zero attached hydrogens (tertiary/aromatic N) is 4. The quantitative estimate of drug-likeness (QED) is 0.444. The number of carbonyl (C=O) groups is 2. The van der Waals surface area contributed by atoms with Crippen LogP contribution in [0.1, 0.15) is 28.2 Å². The van der Waals surface area contributed by atoms with Crippen LogP contribution in [0.2, 0.25) is 0 Å². The second kappa shape index (κ2) is 6.99. The van der Waals surface area contributed by atoms with E-state index in [1.165, 1.54) is 4.90 Å². The molecule has 32 heavy (non-hydrogen) atoms. The third-order valence-electron chi connectivity index (χ3n) is 5.86. The molecule has 1 atom stereocenters. The summed E-state index contributed by atoms with van der Waals surface area (Å²) in [4.78, 5) is 30.4. The number of likely N-dealkylation sites (tertiary alicyclic amines) is 1. The van der Waals surface area contributed by atoms with Crippen LogP contribution in [-0.4, -0.2) is 55.8 Å². The first-order chi connectivity index (χ1) is 15.3. The van der Waals surface area contributed by atoms with Gasteiger partial charge < -0.3 is 20.3 Å². The predicted octanol–water partition coefficient (Wildman–Crippen LogP) is 1.74. The Bertz CT molecular complexity index is 1390. The molecule has 5 rings (SSSR count). The first-order valence-electron chi connectivity index (χ1n) is 9.99. The van der Waals surface area contributed by atoms with Gasteiger partial charge in [-0.15, -0.1) is 0 Å². The number of H-pyrrole nitrogens is 1. The molecule has 1 saturated heterocycles. The minimum Gasteiger partial charge on any atom is -0.373 e. The monoisotopic (exact) mass is 432 g/mol. The highest BCUT2D eigenvalue weighted by Crippen LogP contribution is 2.35. The van der Waals surface area contributed by atoms with Gasteiger partial charge in [0.25, 0.3) is 5.91 Å². The molecule has 1 aliphatic rings. The van der Waals surface area contributed by atoms with Crippen molar-refractivity contribution in [1.82, 2.24) is 25.2 Å². The van der Waals surface area contributed by atoms with Gasteiger partial charge in [0, 0.05) is 37.2 Å². The van der Waals surface area contributed by atoms with Crippen LogP contribution in [0.15, 0.2) is 40.9 Å². The van der Waals surface area contributed by atoms with E-state index in [2.05, 4.69) is 20.3 Å². The van der Waals surface area contributed by atoms with E-state index in [1.807, 2.05) is 24.3 Å². The number of nitrogens with one attached hydrogen (secondary N) is 1. The second-order valence-electron chi connectivity index (χ2n) is 7.95. The number of rotatable bonds is 4. The molecule has 3 aromatic heterocycles. The molecule has 1 aliphatic heterocycles. The molecule has 10 nitrogen and oxygen atoms in total. The maximum atomic E-state index is 12.3. The molecule has 2 amide bonds. The number of aliphatic hydroxyl groups is 1. The molecule has 0 saturated carbocycles. The van der Waals surface area contributed by atoms with Gasteiger partial charge in [-0.3, -0.25) is 14.7 Å². The molecule has 10 heteroatoms. The van der Waals surface area contributed by atoms with Crippen LogP contribution in [0.5, 0.6) is 0 Å². The zero-order valence-electron chi connectivity index (χ0n) is 17.4. The zero-order chi connectivity index (χ0) is 22.6. The van der Waals surface area contributed by atoms with Crippen LogP contribution in [0, 0.1) is 6.92 Å². The first-order valence-corrected chi connectivity index (χ1v) is 9.99.